The van der Waals surface area contributed by atoms with Gasteiger partial charge in [-0.1, -0.05) is 6.92 Å². The smallest absolute Gasteiger partial charge is 0.246 e. The molecule has 0 bridgehead atoms. The van der Waals surface area contributed by atoms with Gasteiger partial charge in [-0.2, -0.15) is 9.40 Å². The summed E-state index contributed by atoms with van der Waals surface area (Å²) in [7, 11) is -3.56. The number of likely N-dealkylation sites (N-methyl/N-ethyl adjacent to an activating group) is 1. The number of hydrogen-bond donors (Lipinski definition) is 2. The predicted octanol–water partition coefficient (Wildman–Crippen LogP) is 0.191. The fourth-order valence-electron chi connectivity index (χ4n) is 1.33. The van der Waals surface area contributed by atoms with Crippen LogP contribution in [0.5, 0.6) is 0 Å². The van der Waals surface area contributed by atoms with Gasteiger partial charge in [0.1, 0.15) is 4.90 Å². The van der Waals surface area contributed by atoms with E-state index >= 15 is 0 Å². The Morgan fingerprint density at radius 1 is 1.56 bits per heavy atom. The molecule has 0 radical (unpaired) electrons. The number of sulfonamides is 1. The molecule has 0 unspecified atom stereocenters. The van der Waals surface area contributed by atoms with Crippen molar-refractivity contribution >= 4 is 10.0 Å². The molecule has 0 aromatic carbocycles. The molecule has 1 heterocycles. The zero-order valence-electron chi connectivity index (χ0n) is 9.64. The molecule has 0 aliphatic heterocycles. The van der Waals surface area contributed by atoms with E-state index in [2.05, 4.69) is 10.2 Å². The van der Waals surface area contributed by atoms with E-state index in [9.17, 15) is 13.5 Å². The summed E-state index contributed by atoms with van der Waals surface area (Å²) in [5.41, 5.74) is -1.06. The second-order valence-electron chi connectivity index (χ2n) is 4.18. The Balaban J connectivity index is 2.97. The molecule has 16 heavy (non-hydrogen) atoms. The first kappa shape index (κ1) is 13.1. The Morgan fingerprint density at radius 2 is 2.19 bits per heavy atom. The minimum Gasteiger partial charge on any atom is -0.389 e. The summed E-state index contributed by atoms with van der Waals surface area (Å²) in [6.07, 6.45) is 2.57. The van der Waals surface area contributed by atoms with Crippen LogP contribution in [-0.4, -0.2) is 46.7 Å². The molecule has 1 rings (SSSR count). The fourth-order valence-corrected chi connectivity index (χ4v) is 2.84. The molecule has 0 aliphatic carbocycles. The van der Waals surface area contributed by atoms with Crippen LogP contribution >= 0.6 is 0 Å². The van der Waals surface area contributed by atoms with E-state index in [-0.39, 0.29) is 11.4 Å². The molecule has 0 fully saturated rings. The normalized spacial score (nSPS) is 13.3. The lowest BCUT2D eigenvalue weighted by molar-refractivity contribution is 0.0601. The molecular formula is C9H17N3O3S. The van der Waals surface area contributed by atoms with Crippen LogP contribution in [0.4, 0.5) is 0 Å². The maximum atomic E-state index is 12.1. The predicted molar refractivity (Wildman–Crippen MR) is 59.3 cm³/mol. The average molecular weight is 247 g/mol. The minimum absolute atomic E-state index is 0.0526. The van der Waals surface area contributed by atoms with Crippen LogP contribution in [0.2, 0.25) is 0 Å². The zero-order valence-corrected chi connectivity index (χ0v) is 10.5. The van der Waals surface area contributed by atoms with Gasteiger partial charge in [0, 0.05) is 19.3 Å². The van der Waals surface area contributed by atoms with Crippen molar-refractivity contribution in [2.45, 2.75) is 31.3 Å². The lowest BCUT2D eigenvalue weighted by Crippen LogP contribution is -2.41. The van der Waals surface area contributed by atoms with E-state index in [1.54, 1.807) is 20.8 Å². The van der Waals surface area contributed by atoms with Gasteiger partial charge in [-0.3, -0.25) is 5.10 Å². The van der Waals surface area contributed by atoms with Gasteiger partial charge >= 0.3 is 0 Å². The van der Waals surface area contributed by atoms with Crippen molar-refractivity contribution in [3.8, 4) is 0 Å². The monoisotopic (exact) mass is 247 g/mol. The van der Waals surface area contributed by atoms with Crippen molar-refractivity contribution in [3.63, 3.8) is 0 Å². The quantitative estimate of drug-likeness (QED) is 0.777. The number of rotatable bonds is 5. The molecule has 2 N–H and O–H groups in total. The van der Waals surface area contributed by atoms with Crippen LogP contribution in [0.3, 0.4) is 0 Å². The summed E-state index contributed by atoms with van der Waals surface area (Å²) in [6.45, 7) is 5.22. The van der Waals surface area contributed by atoms with Crippen LogP contribution in [0, 0.1) is 0 Å². The number of nitrogens with one attached hydrogen (secondary N) is 1. The Bertz CT molecular complexity index is 419. The molecule has 0 aliphatic rings. The molecule has 92 valence electrons. The van der Waals surface area contributed by atoms with Gasteiger partial charge in [0.25, 0.3) is 0 Å². The van der Waals surface area contributed by atoms with Crippen molar-refractivity contribution in [2.24, 2.45) is 0 Å². The fraction of sp³-hybridized carbons (Fsp3) is 0.667. The SMILES string of the molecule is CCN(CC(C)(C)O)S(=O)(=O)c1cn[nH]c1. The highest BCUT2D eigenvalue weighted by Crippen LogP contribution is 2.16. The first-order valence-corrected chi connectivity index (χ1v) is 6.42. The molecule has 0 amide bonds. The highest BCUT2D eigenvalue weighted by atomic mass is 32.2. The van der Waals surface area contributed by atoms with Crippen molar-refractivity contribution in [1.29, 1.82) is 0 Å². The van der Waals surface area contributed by atoms with Crippen molar-refractivity contribution < 1.29 is 13.5 Å². The van der Waals surface area contributed by atoms with Gasteiger partial charge in [0.2, 0.25) is 10.0 Å². The largest absolute Gasteiger partial charge is 0.389 e. The Kier molecular flexibility index (Phi) is 3.72. The second-order valence-corrected chi connectivity index (χ2v) is 6.12. The van der Waals surface area contributed by atoms with Gasteiger partial charge < -0.3 is 5.11 Å². The van der Waals surface area contributed by atoms with Crippen LogP contribution < -0.4 is 0 Å². The van der Waals surface area contributed by atoms with Crippen molar-refractivity contribution in [2.75, 3.05) is 13.1 Å². The molecule has 1 aromatic rings. The third-order valence-corrected chi connectivity index (χ3v) is 3.91. The lowest BCUT2D eigenvalue weighted by Gasteiger charge is -2.26. The van der Waals surface area contributed by atoms with Crippen LogP contribution in [-0.2, 0) is 10.0 Å². The molecule has 7 heteroatoms. The molecule has 1 aromatic heterocycles. The van der Waals surface area contributed by atoms with Crippen LogP contribution in [0.15, 0.2) is 17.3 Å². The Hall–Kier alpha value is -0.920. The van der Waals surface area contributed by atoms with Crippen LogP contribution in [0.1, 0.15) is 20.8 Å². The summed E-state index contributed by atoms with van der Waals surface area (Å²) in [5.74, 6) is 0. The number of aliphatic hydroxyl groups is 1. The molecule has 6 nitrogen and oxygen atoms in total. The Labute approximate surface area is 95.3 Å². The third kappa shape index (κ3) is 3.03. The summed E-state index contributed by atoms with van der Waals surface area (Å²) in [4.78, 5) is 0.110. The molecular weight excluding hydrogens is 230 g/mol. The van der Waals surface area contributed by atoms with Gasteiger partial charge in [0.15, 0.2) is 0 Å². The van der Waals surface area contributed by atoms with Crippen LogP contribution in [0.25, 0.3) is 0 Å². The second kappa shape index (κ2) is 4.52. The van der Waals surface area contributed by atoms with Gasteiger partial charge in [-0.15, -0.1) is 0 Å². The number of aromatic nitrogens is 2. The molecule has 0 atom stereocenters. The summed E-state index contributed by atoms with van der Waals surface area (Å²) in [6, 6.07) is 0. The standard InChI is InChI=1S/C9H17N3O3S/c1-4-12(7-9(2,3)13)16(14,15)8-5-10-11-6-8/h5-6,13H,4,7H2,1-3H3,(H,10,11). The van der Waals surface area contributed by atoms with E-state index in [1.807, 2.05) is 0 Å². The van der Waals surface area contributed by atoms with Crippen molar-refractivity contribution in [1.82, 2.24) is 14.5 Å². The Morgan fingerprint density at radius 3 is 2.56 bits per heavy atom. The molecule has 0 saturated heterocycles. The lowest BCUT2D eigenvalue weighted by atomic mass is 10.1. The summed E-state index contributed by atoms with van der Waals surface area (Å²) in [5, 5.41) is 15.7. The summed E-state index contributed by atoms with van der Waals surface area (Å²) >= 11 is 0. The highest BCUT2D eigenvalue weighted by molar-refractivity contribution is 7.89. The topological polar surface area (TPSA) is 86.3 Å². The highest BCUT2D eigenvalue weighted by Gasteiger charge is 2.28. The van der Waals surface area contributed by atoms with E-state index < -0.39 is 15.6 Å². The molecule has 0 saturated carbocycles. The molecule has 0 spiro atoms. The van der Waals surface area contributed by atoms with E-state index in [1.165, 1.54) is 16.7 Å². The summed E-state index contributed by atoms with van der Waals surface area (Å²) < 4.78 is 25.3. The van der Waals surface area contributed by atoms with E-state index in [0.29, 0.717) is 6.54 Å². The number of nitrogens with zero attached hydrogens (tertiary/aromatic N) is 2. The number of hydrogen-bond acceptors (Lipinski definition) is 4. The zero-order chi connectivity index (χ0) is 12.4. The van der Waals surface area contributed by atoms with Gasteiger partial charge in [-0.25, -0.2) is 8.42 Å². The maximum Gasteiger partial charge on any atom is 0.246 e. The first-order chi connectivity index (χ1) is 7.27. The van der Waals surface area contributed by atoms with E-state index in [0.717, 1.165) is 0 Å². The number of aromatic amines is 1. The third-order valence-electron chi connectivity index (χ3n) is 2.03. The van der Waals surface area contributed by atoms with Gasteiger partial charge in [0.05, 0.1) is 11.8 Å². The van der Waals surface area contributed by atoms with Gasteiger partial charge in [-0.05, 0) is 13.8 Å². The van der Waals surface area contributed by atoms with E-state index in [4.69, 9.17) is 0 Å². The minimum atomic E-state index is -3.56. The first-order valence-electron chi connectivity index (χ1n) is 4.98. The van der Waals surface area contributed by atoms with Crippen molar-refractivity contribution in [3.05, 3.63) is 12.4 Å². The number of H-pyrrole nitrogens is 1. The average Bonchev–Trinajstić information content (AvgIpc) is 2.65. The maximum absolute atomic E-state index is 12.1.